The van der Waals surface area contributed by atoms with Crippen molar-refractivity contribution in [2.45, 2.75) is 13.0 Å². The molecule has 0 radical (unpaired) electrons. The number of fused-ring (bicyclic) bond motifs is 1. The van der Waals surface area contributed by atoms with Gasteiger partial charge in [0.25, 0.3) is 0 Å². The number of nitrogens with zero attached hydrogens (tertiary/aromatic N) is 2. The summed E-state index contributed by atoms with van der Waals surface area (Å²) >= 11 is 3.37. The maximum Gasteiger partial charge on any atom is 0.301 e. The summed E-state index contributed by atoms with van der Waals surface area (Å²) in [6.45, 7) is 1.40. The Morgan fingerprint density at radius 1 is 1.69 bits per heavy atom. The summed E-state index contributed by atoms with van der Waals surface area (Å²) in [6.07, 6.45) is 4.42. The highest BCUT2D eigenvalue weighted by molar-refractivity contribution is 9.11. The van der Waals surface area contributed by atoms with Crippen LogP contribution in [0.15, 0.2) is 16.9 Å². The van der Waals surface area contributed by atoms with Gasteiger partial charge in [0.2, 0.25) is 0 Å². The Hall–Kier alpha value is -0.810. The minimum absolute atomic E-state index is 0.616. The molecular weight excluding hydrogens is 234 g/mol. The first-order valence-electron chi connectivity index (χ1n) is 4.07. The molecule has 4 nitrogen and oxygen atoms in total. The lowest BCUT2D eigenvalue weighted by Crippen LogP contribution is -2.05. The standard InChI is InChI=1S/C8H10BrN3O/c9-6-3-12-4-7(1-2-10)11-8(12)13-5-6/h4-5H,1-3,10H2. The van der Waals surface area contributed by atoms with E-state index >= 15 is 0 Å². The van der Waals surface area contributed by atoms with Crippen molar-refractivity contribution in [1.82, 2.24) is 9.55 Å². The number of hydrogen-bond acceptors (Lipinski definition) is 3. The SMILES string of the molecule is NCCc1cn2c(n1)OC=C(Br)C2. The third-order valence-corrected chi connectivity index (χ3v) is 2.24. The molecular formula is C8H10BrN3O. The summed E-state index contributed by atoms with van der Waals surface area (Å²) in [5, 5.41) is 0. The number of allylic oxidation sites excluding steroid dienone is 1. The van der Waals surface area contributed by atoms with Crippen LogP contribution in [0.3, 0.4) is 0 Å². The van der Waals surface area contributed by atoms with Gasteiger partial charge in [-0.05, 0) is 6.54 Å². The first-order valence-corrected chi connectivity index (χ1v) is 4.86. The number of aromatic nitrogens is 2. The van der Waals surface area contributed by atoms with Gasteiger partial charge in [-0.1, -0.05) is 15.9 Å². The van der Waals surface area contributed by atoms with Gasteiger partial charge < -0.3 is 10.5 Å². The Morgan fingerprint density at radius 2 is 2.54 bits per heavy atom. The molecule has 2 rings (SSSR count). The third kappa shape index (κ3) is 1.76. The maximum atomic E-state index is 5.43. The first-order chi connectivity index (χ1) is 6.29. The molecule has 0 amide bonds. The topological polar surface area (TPSA) is 53.1 Å². The molecule has 0 saturated heterocycles. The van der Waals surface area contributed by atoms with Crippen molar-refractivity contribution in [1.29, 1.82) is 0 Å². The second kappa shape index (κ2) is 3.51. The quantitative estimate of drug-likeness (QED) is 0.844. The molecule has 0 fully saturated rings. The van der Waals surface area contributed by atoms with E-state index in [0.717, 1.165) is 23.1 Å². The second-order valence-electron chi connectivity index (χ2n) is 2.86. The Morgan fingerprint density at radius 3 is 3.31 bits per heavy atom. The van der Waals surface area contributed by atoms with Crippen LogP contribution >= 0.6 is 15.9 Å². The van der Waals surface area contributed by atoms with Crippen molar-refractivity contribution >= 4 is 15.9 Å². The number of rotatable bonds is 2. The van der Waals surface area contributed by atoms with Crippen LogP contribution in [0.4, 0.5) is 0 Å². The molecule has 0 saturated carbocycles. The Bertz CT molecular complexity index is 345. The molecule has 1 aromatic rings. The zero-order valence-electron chi connectivity index (χ0n) is 7.03. The first kappa shape index (κ1) is 8.77. The van der Waals surface area contributed by atoms with Crippen LogP contribution in [-0.4, -0.2) is 16.1 Å². The van der Waals surface area contributed by atoms with E-state index in [1.54, 1.807) is 6.26 Å². The van der Waals surface area contributed by atoms with Crippen LogP contribution in [0.2, 0.25) is 0 Å². The number of halogens is 1. The lowest BCUT2D eigenvalue weighted by Gasteiger charge is -2.10. The summed E-state index contributed by atoms with van der Waals surface area (Å²) in [5.41, 5.74) is 6.41. The van der Waals surface area contributed by atoms with E-state index in [-0.39, 0.29) is 0 Å². The van der Waals surface area contributed by atoms with Crippen molar-refractivity contribution in [2.24, 2.45) is 5.73 Å². The highest BCUT2D eigenvalue weighted by Crippen LogP contribution is 2.22. The Balaban J connectivity index is 2.22. The molecule has 1 aliphatic heterocycles. The normalized spacial score (nSPS) is 14.8. The minimum atomic E-state index is 0.616. The van der Waals surface area contributed by atoms with E-state index in [0.29, 0.717) is 12.6 Å². The molecule has 1 aromatic heterocycles. The number of hydrogen-bond donors (Lipinski definition) is 1. The monoisotopic (exact) mass is 243 g/mol. The fourth-order valence-electron chi connectivity index (χ4n) is 1.24. The van der Waals surface area contributed by atoms with Gasteiger partial charge in [0.05, 0.1) is 16.7 Å². The Labute approximate surface area is 84.5 Å². The Kier molecular flexibility index (Phi) is 2.37. The van der Waals surface area contributed by atoms with Gasteiger partial charge in [0, 0.05) is 12.6 Å². The zero-order valence-corrected chi connectivity index (χ0v) is 8.62. The number of ether oxygens (including phenoxy) is 1. The van der Waals surface area contributed by atoms with Crippen LogP contribution in [-0.2, 0) is 13.0 Å². The highest BCUT2D eigenvalue weighted by Gasteiger charge is 2.13. The minimum Gasteiger partial charge on any atom is -0.433 e. The van der Waals surface area contributed by atoms with Crippen LogP contribution in [0, 0.1) is 0 Å². The molecule has 13 heavy (non-hydrogen) atoms. The number of imidazole rings is 1. The largest absolute Gasteiger partial charge is 0.433 e. The fourth-order valence-corrected chi connectivity index (χ4v) is 1.61. The van der Waals surface area contributed by atoms with Gasteiger partial charge in [-0.25, -0.2) is 0 Å². The fraction of sp³-hybridized carbons (Fsp3) is 0.375. The smallest absolute Gasteiger partial charge is 0.301 e. The summed E-state index contributed by atoms with van der Waals surface area (Å²) in [6, 6.07) is 0.645. The maximum absolute atomic E-state index is 5.43. The van der Waals surface area contributed by atoms with Crippen LogP contribution < -0.4 is 10.5 Å². The van der Waals surface area contributed by atoms with E-state index in [2.05, 4.69) is 20.9 Å². The van der Waals surface area contributed by atoms with Crippen LogP contribution in [0.25, 0.3) is 0 Å². The molecule has 2 N–H and O–H groups in total. The summed E-state index contributed by atoms with van der Waals surface area (Å²) in [5.74, 6) is 0. The van der Waals surface area contributed by atoms with Crippen molar-refractivity contribution in [2.75, 3.05) is 6.54 Å². The lowest BCUT2D eigenvalue weighted by atomic mass is 10.3. The molecule has 70 valence electrons. The van der Waals surface area contributed by atoms with Crippen LogP contribution in [0.1, 0.15) is 5.69 Å². The van der Waals surface area contributed by atoms with E-state index < -0.39 is 0 Å². The molecule has 0 unspecified atom stereocenters. The van der Waals surface area contributed by atoms with E-state index in [4.69, 9.17) is 10.5 Å². The van der Waals surface area contributed by atoms with Gasteiger partial charge in [-0.15, -0.1) is 0 Å². The molecule has 0 spiro atoms. The predicted octanol–water partition coefficient (Wildman–Crippen LogP) is 1.01. The van der Waals surface area contributed by atoms with Gasteiger partial charge in [-0.3, -0.25) is 4.57 Å². The molecule has 0 bridgehead atoms. The average Bonchev–Trinajstić information content (AvgIpc) is 2.46. The summed E-state index contributed by atoms with van der Waals surface area (Å²) < 4.78 is 8.23. The molecule has 0 aromatic carbocycles. The highest BCUT2D eigenvalue weighted by atomic mass is 79.9. The molecule has 1 aliphatic rings. The van der Waals surface area contributed by atoms with Crippen molar-refractivity contribution in [3.63, 3.8) is 0 Å². The van der Waals surface area contributed by atoms with Gasteiger partial charge in [0.1, 0.15) is 6.26 Å². The van der Waals surface area contributed by atoms with Crippen LogP contribution in [0.5, 0.6) is 6.01 Å². The van der Waals surface area contributed by atoms with Crippen molar-refractivity contribution < 1.29 is 4.74 Å². The molecule has 5 heteroatoms. The van der Waals surface area contributed by atoms with E-state index in [1.165, 1.54) is 0 Å². The summed E-state index contributed by atoms with van der Waals surface area (Å²) in [4.78, 5) is 4.27. The van der Waals surface area contributed by atoms with Gasteiger partial charge >= 0.3 is 6.01 Å². The van der Waals surface area contributed by atoms with E-state index in [9.17, 15) is 0 Å². The van der Waals surface area contributed by atoms with Gasteiger partial charge in [0.15, 0.2) is 0 Å². The zero-order chi connectivity index (χ0) is 9.26. The van der Waals surface area contributed by atoms with Crippen molar-refractivity contribution in [3.8, 4) is 6.01 Å². The van der Waals surface area contributed by atoms with E-state index in [1.807, 2.05) is 10.8 Å². The average molecular weight is 244 g/mol. The van der Waals surface area contributed by atoms with Gasteiger partial charge in [-0.2, -0.15) is 4.98 Å². The lowest BCUT2D eigenvalue weighted by molar-refractivity contribution is 0.394. The predicted molar refractivity (Wildman–Crippen MR) is 52.6 cm³/mol. The third-order valence-electron chi connectivity index (χ3n) is 1.80. The summed E-state index contributed by atoms with van der Waals surface area (Å²) in [7, 11) is 0. The molecule has 0 atom stereocenters. The molecule has 0 aliphatic carbocycles. The number of nitrogens with two attached hydrogens (primary N) is 1. The van der Waals surface area contributed by atoms with Crippen molar-refractivity contribution in [3.05, 3.63) is 22.6 Å². The second-order valence-corrected chi connectivity index (χ2v) is 3.88. The molecule has 2 heterocycles.